The van der Waals surface area contributed by atoms with Crippen LogP contribution in [0.2, 0.25) is 0 Å². The van der Waals surface area contributed by atoms with Crippen LogP contribution >= 0.6 is 0 Å². The molecule has 0 fully saturated rings. The number of halogens is 3. The summed E-state index contributed by atoms with van der Waals surface area (Å²) in [7, 11) is 1.95. The number of imidazole rings is 1. The summed E-state index contributed by atoms with van der Waals surface area (Å²) in [5.41, 5.74) is 1.38. The zero-order chi connectivity index (χ0) is 14.3. The predicted molar refractivity (Wildman–Crippen MR) is 71.2 cm³/mol. The van der Waals surface area contributed by atoms with Crippen molar-refractivity contribution in [2.45, 2.75) is 12.6 Å². The van der Waals surface area contributed by atoms with Crippen LogP contribution in [-0.4, -0.2) is 35.0 Å². The Kier molecular flexibility index (Phi) is 3.05. The number of aromatic nitrogens is 2. The third-order valence-corrected chi connectivity index (χ3v) is 3.63. The molecule has 1 aliphatic rings. The molecular formula is C14H14F3N3. The van der Waals surface area contributed by atoms with Crippen LogP contribution in [0.1, 0.15) is 17.5 Å². The Hall–Kier alpha value is -1.82. The number of H-pyrrole nitrogens is 1. The molecule has 0 amide bonds. The van der Waals surface area contributed by atoms with Gasteiger partial charge in [-0.2, -0.15) is 13.2 Å². The third kappa shape index (κ3) is 2.20. The molecule has 106 valence electrons. The first-order valence-corrected chi connectivity index (χ1v) is 6.38. The first kappa shape index (κ1) is 13.2. The summed E-state index contributed by atoms with van der Waals surface area (Å²) in [4.78, 5) is 9.02. The molecule has 1 N–H and O–H groups in total. The van der Waals surface area contributed by atoms with E-state index in [1.54, 1.807) is 0 Å². The van der Waals surface area contributed by atoms with Gasteiger partial charge >= 0.3 is 6.18 Å². The molecule has 1 aromatic carbocycles. The Morgan fingerprint density at radius 1 is 1.30 bits per heavy atom. The van der Waals surface area contributed by atoms with E-state index in [0.717, 1.165) is 18.2 Å². The molecule has 20 heavy (non-hydrogen) atoms. The van der Waals surface area contributed by atoms with Crippen LogP contribution in [0.25, 0.3) is 16.6 Å². The van der Waals surface area contributed by atoms with Crippen LogP contribution in [0, 0.1) is 0 Å². The average Bonchev–Trinajstić information content (AvgIpc) is 2.85. The second kappa shape index (κ2) is 4.63. The van der Waals surface area contributed by atoms with Gasteiger partial charge in [0.15, 0.2) is 0 Å². The predicted octanol–water partition coefficient (Wildman–Crippen LogP) is 3.30. The van der Waals surface area contributed by atoms with Gasteiger partial charge in [-0.25, -0.2) is 4.98 Å². The number of nitrogens with zero attached hydrogens (tertiary/aromatic N) is 2. The van der Waals surface area contributed by atoms with E-state index in [4.69, 9.17) is 0 Å². The number of rotatable bonds is 1. The Morgan fingerprint density at radius 3 is 2.75 bits per heavy atom. The van der Waals surface area contributed by atoms with Crippen molar-refractivity contribution in [3.63, 3.8) is 0 Å². The Morgan fingerprint density at radius 2 is 2.10 bits per heavy atom. The lowest BCUT2D eigenvalue weighted by molar-refractivity contribution is -0.137. The monoisotopic (exact) mass is 281 g/mol. The summed E-state index contributed by atoms with van der Waals surface area (Å²) < 4.78 is 39.7. The number of aromatic amines is 1. The molecule has 0 spiro atoms. The van der Waals surface area contributed by atoms with Crippen molar-refractivity contribution in [1.29, 1.82) is 0 Å². The van der Waals surface area contributed by atoms with E-state index < -0.39 is 11.7 Å². The van der Waals surface area contributed by atoms with Crippen LogP contribution < -0.4 is 0 Å². The van der Waals surface area contributed by atoms with Gasteiger partial charge < -0.3 is 9.88 Å². The molecule has 0 radical (unpaired) electrons. The van der Waals surface area contributed by atoms with E-state index in [9.17, 15) is 13.2 Å². The van der Waals surface area contributed by atoms with E-state index >= 15 is 0 Å². The van der Waals surface area contributed by atoms with Gasteiger partial charge in [-0.1, -0.05) is 6.08 Å². The molecule has 3 rings (SSSR count). The molecule has 2 heterocycles. The number of likely N-dealkylation sites (N-methyl/N-ethyl adjacent to an activating group) is 1. The Bertz CT molecular complexity index is 670. The SMILES string of the molecule is CN1CC=C(c2c(C(F)(F)F)ccc3[nH]cnc23)CC1. The summed E-state index contributed by atoms with van der Waals surface area (Å²) in [5.74, 6) is 0. The molecule has 2 aromatic rings. The maximum Gasteiger partial charge on any atom is 0.417 e. The standard InChI is InChI=1S/C14H14F3N3/c1-20-6-4-9(5-7-20)12-10(14(15,16)17)2-3-11-13(12)19-8-18-11/h2-4,8H,5-7H2,1H3,(H,18,19). The highest BCUT2D eigenvalue weighted by Crippen LogP contribution is 2.39. The number of hydrogen-bond acceptors (Lipinski definition) is 2. The van der Waals surface area contributed by atoms with Crippen LogP contribution in [-0.2, 0) is 6.18 Å². The molecule has 0 aliphatic carbocycles. The van der Waals surface area contributed by atoms with Crippen molar-refractivity contribution in [3.8, 4) is 0 Å². The maximum atomic E-state index is 13.2. The van der Waals surface area contributed by atoms with Gasteiger partial charge in [0.1, 0.15) is 0 Å². The molecule has 0 unspecified atom stereocenters. The topological polar surface area (TPSA) is 31.9 Å². The van der Waals surface area contributed by atoms with Crippen LogP contribution in [0.3, 0.4) is 0 Å². The number of alkyl halides is 3. The minimum atomic E-state index is -4.37. The number of benzene rings is 1. The van der Waals surface area contributed by atoms with E-state index in [1.807, 2.05) is 13.1 Å². The van der Waals surface area contributed by atoms with Crippen molar-refractivity contribution < 1.29 is 13.2 Å². The highest BCUT2D eigenvalue weighted by atomic mass is 19.4. The van der Waals surface area contributed by atoms with Crippen molar-refractivity contribution in [1.82, 2.24) is 14.9 Å². The lowest BCUT2D eigenvalue weighted by Crippen LogP contribution is -2.24. The number of nitrogens with one attached hydrogen (secondary N) is 1. The minimum absolute atomic E-state index is 0.226. The largest absolute Gasteiger partial charge is 0.417 e. The maximum absolute atomic E-state index is 13.2. The van der Waals surface area contributed by atoms with Crippen LogP contribution in [0.5, 0.6) is 0 Å². The Labute approximate surface area is 114 Å². The summed E-state index contributed by atoms with van der Waals surface area (Å²) in [6.45, 7) is 1.41. The second-order valence-corrected chi connectivity index (χ2v) is 5.03. The first-order chi connectivity index (χ1) is 9.47. The molecule has 1 aromatic heterocycles. The second-order valence-electron chi connectivity index (χ2n) is 5.03. The first-order valence-electron chi connectivity index (χ1n) is 6.38. The molecule has 0 atom stereocenters. The van der Waals surface area contributed by atoms with Gasteiger partial charge in [-0.3, -0.25) is 0 Å². The molecule has 6 heteroatoms. The zero-order valence-electron chi connectivity index (χ0n) is 11.0. The van der Waals surface area contributed by atoms with Gasteiger partial charge in [0.25, 0.3) is 0 Å². The average molecular weight is 281 g/mol. The van der Waals surface area contributed by atoms with Crippen LogP contribution in [0.15, 0.2) is 24.5 Å². The van der Waals surface area contributed by atoms with E-state index in [0.29, 0.717) is 24.0 Å². The summed E-state index contributed by atoms with van der Waals surface area (Å²) in [6.07, 6.45) is -0.468. The highest BCUT2D eigenvalue weighted by Gasteiger charge is 2.35. The Balaban J connectivity index is 2.23. The van der Waals surface area contributed by atoms with Crippen molar-refractivity contribution in [3.05, 3.63) is 35.7 Å². The summed E-state index contributed by atoms with van der Waals surface area (Å²) in [5, 5.41) is 0. The van der Waals surface area contributed by atoms with Gasteiger partial charge in [-0.05, 0) is 31.2 Å². The van der Waals surface area contributed by atoms with Gasteiger partial charge in [-0.15, -0.1) is 0 Å². The normalized spacial score (nSPS) is 17.5. The summed E-state index contributed by atoms with van der Waals surface area (Å²) >= 11 is 0. The fourth-order valence-corrected chi connectivity index (χ4v) is 2.57. The molecule has 0 bridgehead atoms. The highest BCUT2D eigenvalue weighted by molar-refractivity contribution is 5.91. The number of hydrogen-bond donors (Lipinski definition) is 1. The zero-order valence-corrected chi connectivity index (χ0v) is 11.0. The van der Waals surface area contributed by atoms with E-state index in [1.165, 1.54) is 12.4 Å². The van der Waals surface area contributed by atoms with E-state index in [2.05, 4.69) is 14.9 Å². The lowest BCUT2D eigenvalue weighted by Gasteiger charge is -2.24. The minimum Gasteiger partial charge on any atom is -0.345 e. The quantitative estimate of drug-likeness (QED) is 0.869. The summed E-state index contributed by atoms with van der Waals surface area (Å²) in [6, 6.07) is 2.57. The molecule has 0 saturated heterocycles. The fourth-order valence-electron chi connectivity index (χ4n) is 2.57. The molecule has 3 nitrogen and oxygen atoms in total. The van der Waals surface area contributed by atoms with Crippen LogP contribution in [0.4, 0.5) is 13.2 Å². The molecule has 0 saturated carbocycles. The smallest absolute Gasteiger partial charge is 0.345 e. The third-order valence-electron chi connectivity index (χ3n) is 3.63. The molecule has 1 aliphatic heterocycles. The van der Waals surface area contributed by atoms with Crippen molar-refractivity contribution >= 4 is 16.6 Å². The van der Waals surface area contributed by atoms with E-state index in [-0.39, 0.29) is 5.56 Å². The van der Waals surface area contributed by atoms with Gasteiger partial charge in [0.05, 0.1) is 22.9 Å². The van der Waals surface area contributed by atoms with Gasteiger partial charge in [0.2, 0.25) is 0 Å². The van der Waals surface area contributed by atoms with Crippen molar-refractivity contribution in [2.75, 3.05) is 20.1 Å². The number of fused-ring (bicyclic) bond motifs is 1. The lowest BCUT2D eigenvalue weighted by atomic mass is 9.93. The molecular weight excluding hydrogens is 267 g/mol. The fraction of sp³-hybridized carbons (Fsp3) is 0.357. The van der Waals surface area contributed by atoms with Crippen molar-refractivity contribution in [2.24, 2.45) is 0 Å². The van der Waals surface area contributed by atoms with Gasteiger partial charge in [0, 0.05) is 18.7 Å².